The van der Waals surface area contributed by atoms with Crippen molar-refractivity contribution < 1.29 is 0 Å². The predicted octanol–water partition coefficient (Wildman–Crippen LogP) is 4.80. The van der Waals surface area contributed by atoms with Crippen LogP contribution in [0.15, 0.2) is 60.9 Å². The number of hydrogen-bond donors (Lipinski definition) is 1. The topological polar surface area (TPSA) is 70.1 Å². The highest BCUT2D eigenvalue weighted by Crippen LogP contribution is 2.26. The number of anilines is 4. The summed E-state index contributed by atoms with van der Waals surface area (Å²) < 4.78 is 0. The molecule has 31 heavy (non-hydrogen) atoms. The summed E-state index contributed by atoms with van der Waals surface area (Å²) >= 11 is 12.2. The number of nitrogens with one attached hydrogen (secondary N) is 1. The third-order valence-electron chi connectivity index (χ3n) is 5.16. The van der Waals surface area contributed by atoms with Gasteiger partial charge in [0.2, 0.25) is 5.95 Å². The quantitative estimate of drug-likeness (QED) is 0.477. The van der Waals surface area contributed by atoms with Crippen molar-refractivity contribution in [2.45, 2.75) is 0 Å². The molecule has 5 rings (SSSR count). The van der Waals surface area contributed by atoms with Crippen LogP contribution < -0.4 is 15.1 Å². The summed E-state index contributed by atoms with van der Waals surface area (Å²) in [6.45, 7) is 3.28. The van der Waals surface area contributed by atoms with E-state index in [1.807, 2.05) is 42.5 Å². The molecule has 0 spiro atoms. The van der Waals surface area contributed by atoms with Crippen molar-refractivity contribution in [3.05, 3.63) is 71.0 Å². The SMILES string of the molecule is Clc1ccc(Nc2nc(N3CCN(c4cccc(Cl)c4)CC3)nc3nccnc23)cc1. The zero-order valence-electron chi connectivity index (χ0n) is 16.5. The van der Waals surface area contributed by atoms with Crippen molar-refractivity contribution in [1.29, 1.82) is 0 Å². The molecule has 0 amide bonds. The summed E-state index contributed by atoms with van der Waals surface area (Å²) in [5, 5.41) is 4.75. The molecule has 9 heteroatoms. The molecular weight excluding hydrogens is 433 g/mol. The van der Waals surface area contributed by atoms with Crippen LogP contribution in [0.1, 0.15) is 0 Å². The van der Waals surface area contributed by atoms with Crippen molar-refractivity contribution in [3.8, 4) is 0 Å². The van der Waals surface area contributed by atoms with Crippen molar-refractivity contribution in [3.63, 3.8) is 0 Å². The van der Waals surface area contributed by atoms with E-state index in [0.717, 1.165) is 42.6 Å². The van der Waals surface area contributed by atoms with Gasteiger partial charge in [0.25, 0.3) is 0 Å². The van der Waals surface area contributed by atoms with Gasteiger partial charge in [-0.05, 0) is 42.5 Å². The molecule has 0 saturated carbocycles. The summed E-state index contributed by atoms with van der Waals surface area (Å²) in [5.41, 5.74) is 3.18. The van der Waals surface area contributed by atoms with E-state index in [4.69, 9.17) is 28.2 Å². The Morgan fingerprint density at radius 2 is 1.52 bits per heavy atom. The molecule has 1 N–H and O–H groups in total. The molecule has 1 fully saturated rings. The van der Waals surface area contributed by atoms with Gasteiger partial charge in [0, 0.05) is 60.0 Å². The molecule has 0 aliphatic carbocycles. The maximum absolute atomic E-state index is 6.15. The van der Waals surface area contributed by atoms with E-state index in [0.29, 0.717) is 28.0 Å². The molecule has 1 aliphatic heterocycles. The first-order chi connectivity index (χ1) is 15.2. The first-order valence-electron chi connectivity index (χ1n) is 9.92. The second-order valence-corrected chi connectivity index (χ2v) is 8.06. The van der Waals surface area contributed by atoms with Crippen molar-refractivity contribution >= 4 is 57.5 Å². The lowest BCUT2D eigenvalue weighted by atomic mass is 10.2. The van der Waals surface area contributed by atoms with E-state index in [1.54, 1.807) is 12.4 Å². The van der Waals surface area contributed by atoms with E-state index in [2.05, 4.69) is 36.1 Å². The average Bonchev–Trinajstić information content (AvgIpc) is 2.80. The van der Waals surface area contributed by atoms with E-state index in [-0.39, 0.29) is 0 Å². The molecule has 4 aromatic rings. The Bertz CT molecular complexity index is 1210. The summed E-state index contributed by atoms with van der Waals surface area (Å²) in [5.74, 6) is 1.25. The molecule has 2 aromatic carbocycles. The van der Waals surface area contributed by atoms with Crippen LogP contribution in [-0.4, -0.2) is 46.1 Å². The third kappa shape index (κ3) is 4.33. The van der Waals surface area contributed by atoms with E-state index >= 15 is 0 Å². The predicted molar refractivity (Wildman–Crippen MR) is 126 cm³/mol. The van der Waals surface area contributed by atoms with Crippen molar-refractivity contribution in [2.24, 2.45) is 0 Å². The Morgan fingerprint density at radius 3 is 2.29 bits per heavy atom. The summed E-state index contributed by atoms with van der Waals surface area (Å²) in [7, 11) is 0. The monoisotopic (exact) mass is 451 g/mol. The molecule has 1 aliphatic rings. The highest BCUT2D eigenvalue weighted by Gasteiger charge is 2.21. The summed E-state index contributed by atoms with van der Waals surface area (Å²) in [6.07, 6.45) is 3.28. The van der Waals surface area contributed by atoms with Gasteiger partial charge in [-0.25, -0.2) is 9.97 Å². The number of rotatable bonds is 4. The minimum atomic E-state index is 0.557. The molecule has 0 bridgehead atoms. The van der Waals surface area contributed by atoms with Gasteiger partial charge in [-0.3, -0.25) is 0 Å². The van der Waals surface area contributed by atoms with Crippen LogP contribution in [0.4, 0.5) is 23.1 Å². The van der Waals surface area contributed by atoms with Gasteiger partial charge < -0.3 is 15.1 Å². The standard InChI is InChI=1S/C22H19Cl2N7/c23-15-4-6-17(7-5-15)27-21-19-20(26-9-8-25-19)28-22(29-21)31-12-10-30(11-13-31)18-3-1-2-16(24)14-18/h1-9,14H,10-13H2,(H,26,27,28,29). The van der Waals surface area contributed by atoms with Gasteiger partial charge in [0.15, 0.2) is 17.0 Å². The largest absolute Gasteiger partial charge is 0.368 e. The second kappa shape index (κ2) is 8.53. The van der Waals surface area contributed by atoms with Crippen LogP contribution in [0.25, 0.3) is 11.2 Å². The minimum Gasteiger partial charge on any atom is -0.368 e. The molecule has 156 valence electrons. The van der Waals surface area contributed by atoms with E-state index in [9.17, 15) is 0 Å². The number of hydrogen-bond acceptors (Lipinski definition) is 7. The smallest absolute Gasteiger partial charge is 0.229 e. The van der Waals surface area contributed by atoms with Crippen LogP contribution in [-0.2, 0) is 0 Å². The van der Waals surface area contributed by atoms with Crippen LogP contribution in [0.2, 0.25) is 10.0 Å². The Balaban J connectivity index is 1.40. The third-order valence-corrected chi connectivity index (χ3v) is 5.65. The Labute approximate surface area is 189 Å². The lowest BCUT2D eigenvalue weighted by Gasteiger charge is -2.36. The minimum absolute atomic E-state index is 0.557. The average molecular weight is 452 g/mol. The molecule has 1 saturated heterocycles. The van der Waals surface area contributed by atoms with Gasteiger partial charge in [-0.15, -0.1) is 0 Å². The fourth-order valence-corrected chi connectivity index (χ4v) is 3.90. The molecule has 2 aromatic heterocycles. The number of aromatic nitrogens is 4. The zero-order valence-corrected chi connectivity index (χ0v) is 18.1. The highest BCUT2D eigenvalue weighted by molar-refractivity contribution is 6.31. The Hall–Kier alpha value is -3.16. The number of nitrogens with zero attached hydrogens (tertiary/aromatic N) is 6. The van der Waals surface area contributed by atoms with E-state index in [1.165, 1.54) is 0 Å². The summed E-state index contributed by atoms with van der Waals surface area (Å²) in [6, 6.07) is 15.4. The summed E-state index contributed by atoms with van der Waals surface area (Å²) in [4.78, 5) is 22.8. The van der Waals surface area contributed by atoms with Crippen LogP contribution in [0.5, 0.6) is 0 Å². The van der Waals surface area contributed by atoms with Gasteiger partial charge in [-0.2, -0.15) is 9.97 Å². The fraction of sp³-hybridized carbons (Fsp3) is 0.182. The Kier molecular flexibility index (Phi) is 5.44. The Morgan fingerprint density at radius 1 is 0.774 bits per heavy atom. The van der Waals surface area contributed by atoms with Crippen LogP contribution in [0, 0.1) is 0 Å². The maximum Gasteiger partial charge on any atom is 0.229 e. The highest BCUT2D eigenvalue weighted by atomic mass is 35.5. The lowest BCUT2D eigenvalue weighted by Crippen LogP contribution is -2.47. The first-order valence-corrected chi connectivity index (χ1v) is 10.7. The number of piperazine rings is 1. The molecule has 0 unspecified atom stereocenters. The molecule has 3 heterocycles. The zero-order chi connectivity index (χ0) is 21.2. The van der Waals surface area contributed by atoms with Crippen molar-refractivity contribution in [1.82, 2.24) is 19.9 Å². The lowest BCUT2D eigenvalue weighted by molar-refractivity contribution is 0.641. The van der Waals surface area contributed by atoms with Crippen molar-refractivity contribution in [2.75, 3.05) is 41.3 Å². The number of fused-ring (bicyclic) bond motifs is 1. The normalized spacial score (nSPS) is 14.1. The maximum atomic E-state index is 6.15. The van der Waals surface area contributed by atoms with Gasteiger partial charge in [-0.1, -0.05) is 29.3 Å². The molecule has 7 nitrogen and oxygen atoms in total. The van der Waals surface area contributed by atoms with Gasteiger partial charge in [0.1, 0.15) is 0 Å². The van der Waals surface area contributed by atoms with Gasteiger partial charge >= 0.3 is 0 Å². The molecular formula is C22H19Cl2N7. The molecule has 0 atom stereocenters. The fourth-order valence-electron chi connectivity index (χ4n) is 3.59. The molecule has 0 radical (unpaired) electrons. The second-order valence-electron chi connectivity index (χ2n) is 7.19. The van der Waals surface area contributed by atoms with Crippen LogP contribution in [0.3, 0.4) is 0 Å². The van der Waals surface area contributed by atoms with Crippen LogP contribution >= 0.6 is 23.2 Å². The first kappa shape index (κ1) is 19.8. The number of benzene rings is 2. The van der Waals surface area contributed by atoms with Gasteiger partial charge in [0.05, 0.1) is 0 Å². The van der Waals surface area contributed by atoms with E-state index < -0.39 is 0 Å². The number of halogens is 2.